The second kappa shape index (κ2) is 6.21. The maximum atomic E-state index is 13.1. The number of pyridine rings is 1. The number of aromatic nitrogens is 1. The number of nitrogen functional groups attached to an aromatic ring is 1. The zero-order valence-electron chi connectivity index (χ0n) is 11.6. The fourth-order valence-corrected chi connectivity index (χ4v) is 1.91. The predicted octanol–water partition coefficient (Wildman–Crippen LogP) is 2.23. The van der Waals surface area contributed by atoms with E-state index in [1.807, 2.05) is 6.92 Å². The van der Waals surface area contributed by atoms with Crippen molar-refractivity contribution in [3.8, 4) is 0 Å². The molecule has 1 amide bonds. The molecule has 0 aliphatic carbocycles. The zero-order chi connectivity index (χ0) is 15.4. The molecule has 0 aliphatic rings. The Hall–Kier alpha value is -2.63. The van der Waals surface area contributed by atoms with Crippen LogP contribution in [0, 0.1) is 5.82 Å². The highest BCUT2D eigenvalue weighted by Gasteiger charge is 2.09. The number of hydrogen-bond acceptors (Lipinski definition) is 3. The van der Waals surface area contributed by atoms with Crippen LogP contribution in [-0.4, -0.2) is 10.5 Å². The first-order chi connectivity index (χ1) is 10.0. The van der Waals surface area contributed by atoms with Gasteiger partial charge in [-0.3, -0.25) is 9.59 Å². The number of amides is 1. The molecular weight excluding hydrogens is 273 g/mol. The summed E-state index contributed by atoms with van der Waals surface area (Å²) >= 11 is 0. The summed E-state index contributed by atoms with van der Waals surface area (Å²) in [5.74, 6) is -0.980. The molecule has 21 heavy (non-hydrogen) atoms. The van der Waals surface area contributed by atoms with Crippen molar-refractivity contribution in [1.29, 1.82) is 0 Å². The van der Waals surface area contributed by atoms with Crippen molar-refractivity contribution in [2.75, 3.05) is 11.1 Å². The summed E-state index contributed by atoms with van der Waals surface area (Å²) in [4.78, 5) is 23.6. The minimum Gasteiger partial charge on any atom is -0.396 e. The van der Waals surface area contributed by atoms with Crippen LogP contribution in [0.2, 0.25) is 0 Å². The summed E-state index contributed by atoms with van der Waals surface area (Å²) in [6.45, 7) is 2.53. The third-order valence-corrected chi connectivity index (χ3v) is 2.96. The van der Waals surface area contributed by atoms with Gasteiger partial charge in [0.25, 0.3) is 11.5 Å². The molecule has 0 radical (unpaired) electrons. The Kier molecular flexibility index (Phi) is 4.37. The Morgan fingerprint density at radius 2 is 2.10 bits per heavy atom. The van der Waals surface area contributed by atoms with Gasteiger partial charge in [0.15, 0.2) is 0 Å². The number of aryl methyl sites for hydroxylation is 1. The highest BCUT2D eigenvalue weighted by Crippen LogP contribution is 2.14. The van der Waals surface area contributed by atoms with E-state index >= 15 is 0 Å². The average molecular weight is 289 g/mol. The molecule has 0 fully saturated rings. The molecule has 5 nitrogen and oxygen atoms in total. The van der Waals surface area contributed by atoms with Crippen LogP contribution in [0.25, 0.3) is 0 Å². The average Bonchev–Trinajstić information content (AvgIpc) is 2.45. The number of carbonyl (C=O) groups excluding carboxylic acids is 1. The summed E-state index contributed by atoms with van der Waals surface area (Å²) in [6, 6.07) is 6.68. The number of nitrogens with zero attached hydrogens (tertiary/aromatic N) is 1. The standard InChI is InChI=1S/C15H16FN3O2/c1-2-7-19-9-11(4-6-14(19)20)18-15(21)10-3-5-12(16)13(17)8-10/h3-6,8-9H,2,7,17H2,1H3,(H,18,21). The molecule has 6 heteroatoms. The second-order valence-corrected chi connectivity index (χ2v) is 4.64. The van der Waals surface area contributed by atoms with Crippen molar-refractivity contribution in [1.82, 2.24) is 4.57 Å². The van der Waals surface area contributed by atoms with Crippen LogP contribution in [0.1, 0.15) is 23.7 Å². The topological polar surface area (TPSA) is 77.1 Å². The molecule has 0 saturated carbocycles. The molecule has 1 aromatic heterocycles. The molecule has 1 heterocycles. The fraction of sp³-hybridized carbons (Fsp3) is 0.200. The number of carbonyl (C=O) groups is 1. The van der Waals surface area contributed by atoms with Crippen LogP contribution in [0.5, 0.6) is 0 Å². The van der Waals surface area contributed by atoms with Gasteiger partial charge in [0, 0.05) is 24.4 Å². The third-order valence-electron chi connectivity index (χ3n) is 2.96. The monoisotopic (exact) mass is 289 g/mol. The van der Waals surface area contributed by atoms with Gasteiger partial charge < -0.3 is 15.6 Å². The minimum absolute atomic E-state index is 0.0846. The summed E-state index contributed by atoms with van der Waals surface area (Å²) in [5, 5.41) is 2.65. The normalized spacial score (nSPS) is 10.4. The first-order valence-corrected chi connectivity index (χ1v) is 6.58. The molecule has 110 valence electrons. The predicted molar refractivity (Wildman–Crippen MR) is 79.8 cm³/mol. The molecule has 0 atom stereocenters. The van der Waals surface area contributed by atoms with Crippen LogP contribution in [0.3, 0.4) is 0 Å². The smallest absolute Gasteiger partial charge is 0.255 e. The van der Waals surface area contributed by atoms with E-state index in [0.717, 1.165) is 12.5 Å². The Balaban J connectivity index is 2.21. The summed E-state index contributed by atoms with van der Waals surface area (Å²) in [5.41, 5.74) is 5.97. The number of hydrogen-bond donors (Lipinski definition) is 2. The van der Waals surface area contributed by atoms with E-state index in [1.54, 1.807) is 6.20 Å². The molecule has 1 aromatic carbocycles. The van der Waals surface area contributed by atoms with E-state index in [9.17, 15) is 14.0 Å². The van der Waals surface area contributed by atoms with E-state index in [2.05, 4.69) is 5.32 Å². The van der Waals surface area contributed by atoms with Gasteiger partial charge in [-0.05, 0) is 30.7 Å². The van der Waals surface area contributed by atoms with Gasteiger partial charge in [-0.15, -0.1) is 0 Å². The molecule has 0 aliphatic heterocycles. The van der Waals surface area contributed by atoms with Gasteiger partial charge in [-0.25, -0.2) is 4.39 Å². The van der Waals surface area contributed by atoms with Gasteiger partial charge in [-0.2, -0.15) is 0 Å². The Morgan fingerprint density at radius 1 is 1.33 bits per heavy atom. The van der Waals surface area contributed by atoms with E-state index in [-0.39, 0.29) is 16.8 Å². The van der Waals surface area contributed by atoms with Gasteiger partial charge in [0.1, 0.15) is 5.82 Å². The molecule has 0 unspecified atom stereocenters. The van der Waals surface area contributed by atoms with Gasteiger partial charge in [-0.1, -0.05) is 6.92 Å². The largest absolute Gasteiger partial charge is 0.396 e. The lowest BCUT2D eigenvalue weighted by Gasteiger charge is -2.09. The van der Waals surface area contributed by atoms with Gasteiger partial charge in [0.2, 0.25) is 0 Å². The van der Waals surface area contributed by atoms with Crippen LogP contribution >= 0.6 is 0 Å². The molecule has 0 saturated heterocycles. The molecule has 2 aromatic rings. The first kappa shape index (κ1) is 14.8. The van der Waals surface area contributed by atoms with Crippen molar-refractivity contribution in [3.63, 3.8) is 0 Å². The van der Waals surface area contributed by atoms with E-state index in [1.165, 1.54) is 28.8 Å². The van der Waals surface area contributed by atoms with Gasteiger partial charge >= 0.3 is 0 Å². The summed E-state index contributed by atoms with van der Waals surface area (Å²) in [6.07, 6.45) is 2.39. The zero-order valence-corrected chi connectivity index (χ0v) is 11.6. The van der Waals surface area contributed by atoms with E-state index in [4.69, 9.17) is 5.73 Å². The van der Waals surface area contributed by atoms with Crippen LogP contribution in [-0.2, 0) is 6.54 Å². The highest BCUT2D eigenvalue weighted by atomic mass is 19.1. The van der Waals surface area contributed by atoms with Crippen LogP contribution in [0.15, 0.2) is 41.3 Å². The van der Waals surface area contributed by atoms with E-state index in [0.29, 0.717) is 12.2 Å². The van der Waals surface area contributed by atoms with Crippen molar-refractivity contribution in [3.05, 3.63) is 58.3 Å². The summed E-state index contributed by atoms with van der Waals surface area (Å²) in [7, 11) is 0. The van der Waals surface area contributed by atoms with Crippen molar-refractivity contribution in [2.45, 2.75) is 19.9 Å². The van der Waals surface area contributed by atoms with Gasteiger partial charge in [0.05, 0.1) is 11.4 Å². The Labute approximate surface area is 121 Å². The number of halogens is 1. The van der Waals surface area contributed by atoms with Crippen molar-refractivity contribution >= 4 is 17.3 Å². The van der Waals surface area contributed by atoms with Crippen molar-refractivity contribution < 1.29 is 9.18 Å². The Morgan fingerprint density at radius 3 is 2.76 bits per heavy atom. The fourth-order valence-electron chi connectivity index (χ4n) is 1.91. The first-order valence-electron chi connectivity index (χ1n) is 6.58. The lowest BCUT2D eigenvalue weighted by Crippen LogP contribution is -2.20. The third kappa shape index (κ3) is 3.47. The number of rotatable bonds is 4. The SMILES string of the molecule is CCCn1cc(NC(=O)c2ccc(F)c(N)c2)ccc1=O. The number of nitrogens with one attached hydrogen (secondary N) is 1. The number of anilines is 2. The molecule has 3 N–H and O–H groups in total. The lowest BCUT2D eigenvalue weighted by molar-refractivity contribution is 0.102. The number of nitrogens with two attached hydrogens (primary N) is 1. The van der Waals surface area contributed by atoms with Crippen molar-refractivity contribution in [2.24, 2.45) is 0 Å². The van der Waals surface area contributed by atoms with Crippen LogP contribution in [0.4, 0.5) is 15.8 Å². The summed E-state index contributed by atoms with van der Waals surface area (Å²) < 4.78 is 14.6. The highest BCUT2D eigenvalue weighted by molar-refractivity contribution is 6.04. The van der Waals surface area contributed by atoms with Crippen LogP contribution < -0.4 is 16.6 Å². The Bertz CT molecular complexity index is 725. The maximum absolute atomic E-state index is 13.1. The molecule has 2 rings (SSSR count). The number of benzene rings is 1. The molecular formula is C15H16FN3O2. The minimum atomic E-state index is -0.567. The maximum Gasteiger partial charge on any atom is 0.255 e. The molecule has 0 spiro atoms. The van der Waals surface area contributed by atoms with E-state index < -0.39 is 11.7 Å². The molecule has 0 bridgehead atoms. The quantitative estimate of drug-likeness (QED) is 0.847. The lowest BCUT2D eigenvalue weighted by atomic mass is 10.2. The second-order valence-electron chi connectivity index (χ2n) is 4.64.